The van der Waals surface area contributed by atoms with E-state index in [0.29, 0.717) is 5.69 Å². The average molecular weight is 171 g/mol. The molecule has 0 spiro atoms. The highest BCUT2D eigenvalue weighted by Crippen LogP contribution is 2.04. The van der Waals surface area contributed by atoms with Crippen LogP contribution in [0.4, 0.5) is 5.69 Å². The highest BCUT2D eigenvalue weighted by atomic mass is 32.2. The van der Waals surface area contributed by atoms with Gasteiger partial charge in [-0.05, 0) is 18.2 Å². The van der Waals surface area contributed by atoms with Crippen molar-refractivity contribution in [3.8, 4) is 0 Å². The van der Waals surface area contributed by atoms with Gasteiger partial charge in [0.2, 0.25) is 0 Å². The molecular weight excluding hydrogens is 164 g/mol. The lowest BCUT2D eigenvalue weighted by molar-refractivity contribution is 0.603. The number of benzene rings is 1. The molecule has 1 aromatic carbocycles. The van der Waals surface area contributed by atoms with E-state index in [1.165, 1.54) is 0 Å². The maximum Gasteiger partial charge on any atom is 0.296 e. The predicted molar refractivity (Wildman–Crippen MR) is 42.0 cm³/mol. The minimum absolute atomic E-state index is 0.436. The van der Waals surface area contributed by atoms with Crippen molar-refractivity contribution in [2.75, 3.05) is 4.72 Å². The number of nitrogens with one attached hydrogen (secondary N) is 1. The Kier molecular flexibility index (Phi) is 2.11. The summed E-state index contributed by atoms with van der Waals surface area (Å²) in [6.45, 7) is 0. The number of nitrogens with two attached hydrogens (primary N) is 1. The molecule has 0 aliphatic carbocycles. The monoisotopic (exact) mass is 171 g/mol. The summed E-state index contributed by atoms with van der Waals surface area (Å²) in [7, 11) is -3.64. The van der Waals surface area contributed by atoms with E-state index in [1.54, 1.807) is 24.3 Å². The number of rotatable bonds is 2. The van der Waals surface area contributed by atoms with Crippen molar-refractivity contribution < 1.29 is 8.42 Å². The molecule has 0 heterocycles. The molecule has 0 aliphatic heterocycles. The molecule has 59 valence electrons. The summed E-state index contributed by atoms with van der Waals surface area (Å²) in [5.41, 5.74) is 0.436. The molecule has 0 unspecified atom stereocenters. The van der Waals surface area contributed by atoms with Crippen molar-refractivity contribution in [1.82, 2.24) is 0 Å². The lowest BCUT2D eigenvalue weighted by Gasteiger charge is -2.00. The van der Waals surface area contributed by atoms with Crippen molar-refractivity contribution in [2.45, 2.75) is 0 Å². The van der Waals surface area contributed by atoms with Crippen LogP contribution >= 0.6 is 0 Å². The van der Waals surface area contributed by atoms with Crippen molar-refractivity contribution in [3.05, 3.63) is 30.3 Å². The van der Waals surface area contributed by atoms with Gasteiger partial charge in [-0.25, -0.2) is 5.14 Å². The first-order valence-electron chi connectivity index (χ1n) is 2.84. The molecule has 0 amide bonds. The van der Waals surface area contributed by atoms with E-state index in [-0.39, 0.29) is 0 Å². The van der Waals surface area contributed by atoms with Gasteiger partial charge in [0, 0.05) is 5.69 Å². The van der Waals surface area contributed by atoms with Crippen LogP contribution in [0.15, 0.2) is 24.3 Å². The Morgan fingerprint density at radius 2 is 1.91 bits per heavy atom. The summed E-state index contributed by atoms with van der Waals surface area (Å²) in [4.78, 5) is 0. The lowest BCUT2D eigenvalue weighted by atomic mass is 10.3. The first-order valence-corrected chi connectivity index (χ1v) is 4.39. The van der Waals surface area contributed by atoms with Crippen LogP contribution < -0.4 is 9.86 Å². The molecule has 4 nitrogen and oxygen atoms in total. The third kappa shape index (κ3) is 3.01. The topological polar surface area (TPSA) is 72.2 Å². The van der Waals surface area contributed by atoms with Gasteiger partial charge in [0.25, 0.3) is 10.2 Å². The van der Waals surface area contributed by atoms with E-state index < -0.39 is 10.2 Å². The summed E-state index contributed by atoms with van der Waals surface area (Å²) >= 11 is 0. The van der Waals surface area contributed by atoms with Crippen molar-refractivity contribution in [2.24, 2.45) is 5.14 Å². The van der Waals surface area contributed by atoms with Gasteiger partial charge in [0.1, 0.15) is 0 Å². The fourth-order valence-electron chi connectivity index (χ4n) is 0.619. The van der Waals surface area contributed by atoms with Crippen molar-refractivity contribution in [1.29, 1.82) is 0 Å². The van der Waals surface area contributed by atoms with E-state index >= 15 is 0 Å². The second-order valence-electron chi connectivity index (χ2n) is 1.94. The number of hydrogen-bond donors (Lipinski definition) is 2. The predicted octanol–water partition coefficient (Wildman–Crippen LogP) is 0.102. The molecule has 0 bridgehead atoms. The highest BCUT2D eigenvalue weighted by molar-refractivity contribution is 7.90. The molecule has 0 saturated carbocycles. The largest absolute Gasteiger partial charge is 0.296 e. The molecule has 1 aromatic rings. The number of anilines is 1. The smallest absolute Gasteiger partial charge is 0.271 e. The van der Waals surface area contributed by atoms with Gasteiger partial charge >= 0.3 is 0 Å². The standard InChI is InChI=1S/C6H7N2O2S/c7-11(9,10)8-6-4-2-1-3-5-6/h2-5,8H,(H2,7,9,10). The third-order valence-corrected chi connectivity index (χ3v) is 1.50. The minimum atomic E-state index is -3.64. The Morgan fingerprint density at radius 3 is 2.36 bits per heavy atom. The minimum Gasteiger partial charge on any atom is -0.271 e. The van der Waals surface area contributed by atoms with Crippen molar-refractivity contribution in [3.63, 3.8) is 0 Å². The molecule has 0 aliphatic rings. The van der Waals surface area contributed by atoms with Crippen LogP contribution in [-0.2, 0) is 10.2 Å². The van der Waals surface area contributed by atoms with Crippen LogP contribution in [0.2, 0.25) is 0 Å². The van der Waals surface area contributed by atoms with Crippen LogP contribution in [0, 0.1) is 6.07 Å². The van der Waals surface area contributed by atoms with E-state index in [0.717, 1.165) is 0 Å². The zero-order valence-corrected chi connectivity index (χ0v) is 6.43. The quantitative estimate of drug-likeness (QED) is 0.662. The van der Waals surface area contributed by atoms with E-state index in [2.05, 4.69) is 10.8 Å². The fraction of sp³-hybridized carbons (Fsp3) is 0. The van der Waals surface area contributed by atoms with Gasteiger partial charge < -0.3 is 0 Å². The van der Waals surface area contributed by atoms with Gasteiger partial charge in [0.15, 0.2) is 0 Å². The lowest BCUT2D eigenvalue weighted by Crippen LogP contribution is -2.21. The van der Waals surface area contributed by atoms with Gasteiger partial charge in [-0.1, -0.05) is 12.1 Å². The SMILES string of the molecule is NS(=O)(=O)Nc1cc[c]cc1. The molecular formula is C6H7N2O2S. The maximum absolute atomic E-state index is 10.5. The second-order valence-corrected chi connectivity index (χ2v) is 3.23. The summed E-state index contributed by atoms with van der Waals surface area (Å²) in [5, 5.41) is 4.72. The first-order chi connectivity index (χ1) is 5.08. The zero-order chi connectivity index (χ0) is 8.32. The molecule has 0 fully saturated rings. The van der Waals surface area contributed by atoms with E-state index in [9.17, 15) is 8.42 Å². The Bertz CT molecular complexity index is 320. The molecule has 0 aromatic heterocycles. The van der Waals surface area contributed by atoms with Gasteiger partial charge in [-0.2, -0.15) is 8.42 Å². The van der Waals surface area contributed by atoms with Gasteiger partial charge in [-0.3, -0.25) is 4.72 Å². The van der Waals surface area contributed by atoms with Gasteiger partial charge in [0.05, 0.1) is 0 Å². The normalized spacial score (nSPS) is 11.0. The van der Waals surface area contributed by atoms with Crippen LogP contribution in [0.3, 0.4) is 0 Å². The average Bonchev–Trinajstić information content (AvgIpc) is 1.85. The zero-order valence-electron chi connectivity index (χ0n) is 5.61. The van der Waals surface area contributed by atoms with Crippen LogP contribution in [-0.4, -0.2) is 8.42 Å². The van der Waals surface area contributed by atoms with Crippen LogP contribution in [0.5, 0.6) is 0 Å². The Balaban J connectivity index is 2.82. The summed E-state index contributed by atoms with van der Waals surface area (Å²) in [6, 6.07) is 9.04. The maximum atomic E-state index is 10.5. The molecule has 3 N–H and O–H groups in total. The molecule has 1 rings (SSSR count). The van der Waals surface area contributed by atoms with E-state index in [4.69, 9.17) is 5.14 Å². The molecule has 1 radical (unpaired) electrons. The number of hydrogen-bond acceptors (Lipinski definition) is 2. The fourth-order valence-corrected chi connectivity index (χ4v) is 1.08. The van der Waals surface area contributed by atoms with Crippen LogP contribution in [0.25, 0.3) is 0 Å². The Morgan fingerprint density at radius 1 is 1.36 bits per heavy atom. The van der Waals surface area contributed by atoms with Crippen molar-refractivity contribution >= 4 is 15.9 Å². The third-order valence-electron chi connectivity index (χ3n) is 0.978. The molecule has 5 heteroatoms. The first kappa shape index (κ1) is 8.03. The summed E-state index contributed by atoms with van der Waals surface area (Å²) in [5.74, 6) is 0. The second kappa shape index (κ2) is 2.89. The van der Waals surface area contributed by atoms with Gasteiger partial charge in [-0.15, -0.1) is 0 Å². The molecule has 11 heavy (non-hydrogen) atoms. The summed E-state index contributed by atoms with van der Waals surface area (Å²) in [6.07, 6.45) is 0. The summed E-state index contributed by atoms with van der Waals surface area (Å²) < 4.78 is 23.0. The molecule has 0 atom stereocenters. The Hall–Kier alpha value is -1.07. The Labute approximate surface area is 65.2 Å². The highest BCUT2D eigenvalue weighted by Gasteiger charge is 1.98. The van der Waals surface area contributed by atoms with Crippen LogP contribution in [0.1, 0.15) is 0 Å². The molecule has 0 saturated heterocycles. The van der Waals surface area contributed by atoms with E-state index in [1.807, 2.05) is 0 Å².